The van der Waals surface area contributed by atoms with Gasteiger partial charge in [0.2, 0.25) is 0 Å². The van der Waals surface area contributed by atoms with Crippen molar-refractivity contribution in [3.8, 4) is 5.75 Å². The summed E-state index contributed by atoms with van der Waals surface area (Å²) in [6, 6.07) is 2.86. The van der Waals surface area contributed by atoms with Gasteiger partial charge in [-0.25, -0.2) is 4.57 Å². The van der Waals surface area contributed by atoms with Crippen LogP contribution < -0.4 is 4.74 Å². The van der Waals surface area contributed by atoms with Crippen molar-refractivity contribution in [2.24, 2.45) is 7.05 Å². The average Bonchev–Trinajstić information content (AvgIpc) is 2.85. The number of ether oxygens (including phenoxy) is 1. The molecule has 23 heavy (non-hydrogen) atoms. The highest BCUT2D eigenvalue weighted by atomic mass is 16.6. The van der Waals surface area contributed by atoms with Crippen molar-refractivity contribution in [1.82, 2.24) is 9.55 Å². The Morgan fingerprint density at radius 3 is 2.04 bits per heavy atom. The number of nitrogens with zero attached hydrogens (tertiary/aromatic N) is 5. The van der Waals surface area contributed by atoms with Gasteiger partial charge in [0.25, 0.3) is 11.4 Å². The van der Waals surface area contributed by atoms with Crippen molar-refractivity contribution >= 4 is 17.3 Å². The summed E-state index contributed by atoms with van der Waals surface area (Å²) in [5.41, 5.74) is -0.666. The molecule has 1 aromatic heterocycles. The van der Waals surface area contributed by atoms with E-state index < -0.39 is 32.1 Å². The third-order valence-corrected chi connectivity index (χ3v) is 2.91. The maximum absolute atomic E-state index is 10.8. The summed E-state index contributed by atoms with van der Waals surface area (Å²) in [5, 5.41) is 32.2. The minimum absolute atomic E-state index is 0.102. The summed E-state index contributed by atoms with van der Waals surface area (Å²) in [5.74, 6) is -0.497. The van der Waals surface area contributed by atoms with Crippen molar-refractivity contribution in [2.45, 2.75) is 6.61 Å². The van der Waals surface area contributed by atoms with Gasteiger partial charge in [-0.05, 0) is 4.92 Å². The first-order chi connectivity index (χ1) is 10.8. The van der Waals surface area contributed by atoms with E-state index in [1.807, 2.05) is 0 Å². The highest BCUT2D eigenvalue weighted by Crippen LogP contribution is 2.28. The van der Waals surface area contributed by atoms with E-state index in [1.54, 1.807) is 0 Å². The van der Waals surface area contributed by atoms with E-state index in [9.17, 15) is 30.3 Å². The van der Waals surface area contributed by atoms with Crippen LogP contribution >= 0.6 is 0 Å². The second kappa shape index (κ2) is 6.05. The van der Waals surface area contributed by atoms with Gasteiger partial charge in [-0.3, -0.25) is 20.2 Å². The SMILES string of the molecule is Cn1c(COc2cc([N+](=O)[O-])cc([N+](=O)[O-])c2)cnc1[N+](=O)[O-]. The molecule has 0 N–H and O–H groups in total. The number of aromatic nitrogens is 2. The molecule has 0 fully saturated rings. The van der Waals surface area contributed by atoms with Gasteiger partial charge < -0.3 is 14.9 Å². The van der Waals surface area contributed by atoms with Crippen LogP contribution in [0.15, 0.2) is 24.4 Å². The molecule has 0 amide bonds. The number of hydrogen-bond acceptors (Lipinski definition) is 8. The molecule has 120 valence electrons. The van der Waals surface area contributed by atoms with Crippen LogP contribution in [-0.4, -0.2) is 24.3 Å². The van der Waals surface area contributed by atoms with Crippen molar-refractivity contribution in [3.63, 3.8) is 0 Å². The number of imidazole rings is 1. The molecule has 0 saturated heterocycles. The summed E-state index contributed by atoms with van der Waals surface area (Å²) in [4.78, 5) is 33.6. The molecule has 0 aliphatic heterocycles. The third kappa shape index (κ3) is 3.37. The van der Waals surface area contributed by atoms with Crippen molar-refractivity contribution in [2.75, 3.05) is 0 Å². The quantitative estimate of drug-likeness (QED) is 0.574. The lowest BCUT2D eigenvalue weighted by atomic mass is 10.2. The second-order valence-corrected chi connectivity index (χ2v) is 4.35. The van der Waals surface area contributed by atoms with Gasteiger partial charge in [-0.2, -0.15) is 0 Å². The molecule has 0 aliphatic rings. The number of nitro groups is 3. The molecule has 1 heterocycles. The smallest absolute Gasteiger partial charge is 0.434 e. The van der Waals surface area contributed by atoms with Gasteiger partial charge in [0.15, 0.2) is 5.69 Å². The first-order valence-electron chi connectivity index (χ1n) is 6.01. The molecule has 0 spiro atoms. The van der Waals surface area contributed by atoms with Gasteiger partial charge in [0.1, 0.15) is 18.6 Å². The minimum Gasteiger partial charge on any atom is -0.485 e. The lowest BCUT2D eigenvalue weighted by Gasteiger charge is -2.05. The summed E-state index contributed by atoms with van der Waals surface area (Å²) in [7, 11) is 1.40. The molecule has 0 atom stereocenters. The van der Waals surface area contributed by atoms with Gasteiger partial charge in [-0.1, -0.05) is 4.98 Å². The zero-order valence-electron chi connectivity index (χ0n) is 11.6. The molecule has 0 saturated carbocycles. The average molecular weight is 323 g/mol. The van der Waals surface area contributed by atoms with E-state index in [1.165, 1.54) is 17.8 Å². The van der Waals surface area contributed by atoms with Gasteiger partial charge in [-0.15, -0.1) is 0 Å². The molecule has 0 bridgehead atoms. The first kappa shape index (κ1) is 15.8. The number of hydrogen-bond donors (Lipinski definition) is 0. The summed E-state index contributed by atoms with van der Waals surface area (Å²) in [6.45, 7) is -0.199. The summed E-state index contributed by atoms with van der Waals surface area (Å²) in [6.07, 6.45) is 1.21. The Hall–Kier alpha value is -3.57. The van der Waals surface area contributed by atoms with E-state index in [2.05, 4.69) is 4.98 Å². The van der Waals surface area contributed by atoms with E-state index in [-0.39, 0.29) is 12.4 Å². The zero-order chi connectivity index (χ0) is 17.1. The van der Waals surface area contributed by atoms with Crippen LogP contribution in [0.1, 0.15) is 5.69 Å². The molecule has 1 aromatic carbocycles. The van der Waals surface area contributed by atoms with E-state index in [0.29, 0.717) is 5.69 Å². The molecule has 12 heteroatoms. The highest BCUT2D eigenvalue weighted by Gasteiger charge is 2.20. The number of non-ortho nitro benzene ring substituents is 2. The minimum atomic E-state index is -0.783. The van der Waals surface area contributed by atoms with Gasteiger partial charge >= 0.3 is 5.95 Å². The Labute approximate surface area is 127 Å². The van der Waals surface area contributed by atoms with Crippen LogP contribution in [0.2, 0.25) is 0 Å². The molecule has 0 aliphatic carbocycles. The summed E-state index contributed by atoms with van der Waals surface area (Å²) >= 11 is 0. The maximum atomic E-state index is 10.8. The fourth-order valence-corrected chi connectivity index (χ4v) is 1.76. The predicted octanol–water partition coefficient (Wildman–Crippen LogP) is 1.72. The van der Waals surface area contributed by atoms with E-state index in [4.69, 9.17) is 4.74 Å². The summed E-state index contributed by atoms with van der Waals surface area (Å²) < 4.78 is 6.43. The van der Waals surface area contributed by atoms with Gasteiger partial charge in [0, 0.05) is 0 Å². The molecular weight excluding hydrogens is 314 g/mol. The van der Waals surface area contributed by atoms with Crippen molar-refractivity contribution in [3.05, 3.63) is 60.4 Å². The largest absolute Gasteiger partial charge is 0.485 e. The Morgan fingerprint density at radius 2 is 1.61 bits per heavy atom. The van der Waals surface area contributed by atoms with Crippen LogP contribution in [0.3, 0.4) is 0 Å². The lowest BCUT2D eigenvalue weighted by molar-refractivity contribution is -0.396. The van der Waals surface area contributed by atoms with Crippen molar-refractivity contribution < 1.29 is 19.5 Å². The van der Waals surface area contributed by atoms with E-state index in [0.717, 1.165) is 18.2 Å². The fourth-order valence-electron chi connectivity index (χ4n) is 1.76. The lowest BCUT2D eigenvalue weighted by Crippen LogP contribution is -2.05. The highest BCUT2D eigenvalue weighted by molar-refractivity contribution is 5.49. The number of nitro benzene ring substituents is 2. The van der Waals surface area contributed by atoms with Crippen LogP contribution in [-0.2, 0) is 13.7 Å². The van der Waals surface area contributed by atoms with Crippen LogP contribution in [0.5, 0.6) is 5.75 Å². The zero-order valence-corrected chi connectivity index (χ0v) is 11.6. The monoisotopic (exact) mass is 323 g/mol. The molecule has 0 unspecified atom stereocenters. The fraction of sp³-hybridized carbons (Fsp3) is 0.182. The Bertz CT molecular complexity index is 768. The van der Waals surface area contributed by atoms with Gasteiger partial charge in [0.05, 0.1) is 35.1 Å². The second-order valence-electron chi connectivity index (χ2n) is 4.35. The molecule has 2 aromatic rings. The number of benzene rings is 1. The Balaban J connectivity index is 2.25. The van der Waals surface area contributed by atoms with Crippen molar-refractivity contribution in [1.29, 1.82) is 0 Å². The first-order valence-corrected chi connectivity index (χ1v) is 6.01. The normalized spacial score (nSPS) is 10.3. The molecule has 0 radical (unpaired) electrons. The van der Waals surface area contributed by atoms with Crippen LogP contribution in [0, 0.1) is 30.3 Å². The predicted molar refractivity (Wildman–Crippen MR) is 73.9 cm³/mol. The Kier molecular flexibility index (Phi) is 4.16. The van der Waals surface area contributed by atoms with Crippen LogP contribution in [0.4, 0.5) is 17.3 Å². The molecular formula is C11H9N5O7. The van der Waals surface area contributed by atoms with Crippen LogP contribution in [0.25, 0.3) is 0 Å². The topological polar surface area (TPSA) is 156 Å². The number of rotatable bonds is 6. The van der Waals surface area contributed by atoms with E-state index >= 15 is 0 Å². The Morgan fingerprint density at radius 1 is 1.04 bits per heavy atom. The molecule has 12 nitrogen and oxygen atoms in total. The third-order valence-electron chi connectivity index (χ3n) is 2.91. The standard InChI is InChI=1S/C11H9N5O7/c1-13-9(5-12-11(13)16(21)22)6-23-10-3-7(14(17)18)2-8(4-10)15(19)20/h2-5H,6H2,1H3. The molecule has 2 rings (SSSR count). The maximum Gasteiger partial charge on any atom is 0.434 e.